The molecule has 0 radical (unpaired) electrons. The molecule has 0 rings (SSSR count). The largest absolute Gasteiger partial charge is 0.457 e. The molecule has 1 unspecified atom stereocenters. The number of allylic oxidation sites excluding steroid dienone is 8. The highest BCUT2D eigenvalue weighted by Crippen LogP contribution is 2.13. The Kier molecular flexibility index (Phi) is 42.1. The van der Waals surface area contributed by atoms with Crippen molar-refractivity contribution >= 4 is 5.97 Å². The second-order valence-corrected chi connectivity index (χ2v) is 14.4. The highest BCUT2D eigenvalue weighted by atomic mass is 16.6. The Morgan fingerprint density at radius 1 is 0.480 bits per heavy atom. The molecule has 0 saturated carbocycles. The summed E-state index contributed by atoms with van der Waals surface area (Å²) in [6.45, 7) is 5.32. The van der Waals surface area contributed by atoms with Crippen molar-refractivity contribution in [2.45, 2.75) is 219 Å². The van der Waals surface area contributed by atoms with Crippen LogP contribution in [0.15, 0.2) is 48.6 Å². The molecule has 0 saturated heterocycles. The smallest absolute Gasteiger partial charge is 0.306 e. The van der Waals surface area contributed by atoms with Crippen LogP contribution in [0.5, 0.6) is 0 Å². The number of hydrogen-bond acceptors (Lipinski definition) is 4. The first-order chi connectivity index (χ1) is 24.7. The molecule has 0 aliphatic carbocycles. The van der Waals surface area contributed by atoms with Crippen molar-refractivity contribution in [3.8, 4) is 0 Å². The van der Waals surface area contributed by atoms with E-state index in [0.29, 0.717) is 13.0 Å². The van der Waals surface area contributed by atoms with Gasteiger partial charge in [0.05, 0.1) is 13.2 Å². The first-order valence-corrected chi connectivity index (χ1v) is 21.7. The number of hydrogen-bond donors (Lipinski definition) is 1. The Hall–Kier alpha value is -1.65. The van der Waals surface area contributed by atoms with Crippen LogP contribution in [0.4, 0.5) is 0 Å². The van der Waals surface area contributed by atoms with Crippen LogP contribution < -0.4 is 0 Å². The normalized spacial score (nSPS) is 12.8. The predicted octanol–water partition coefficient (Wildman–Crippen LogP) is 14.3. The average molecular weight is 701 g/mol. The number of aliphatic hydroxyl groups excluding tert-OH is 1. The maximum Gasteiger partial charge on any atom is 0.306 e. The van der Waals surface area contributed by atoms with Gasteiger partial charge in [0.15, 0.2) is 0 Å². The van der Waals surface area contributed by atoms with Crippen molar-refractivity contribution in [3.63, 3.8) is 0 Å². The van der Waals surface area contributed by atoms with E-state index in [1.165, 1.54) is 161 Å². The van der Waals surface area contributed by atoms with Crippen LogP contribution in [0.25, 0.3) is 0 Å². The molecule has 0 aromatic rings. The van der Waals surface area contributed by atoms with Gasteiger partial charge in [-0.2, -0.15) is 0 Å². The third-order valence-corrected chi connectivity index (χ3v) is 9.38. The maximum atomic E-state index is 12.2. The first-order valence-electron chi connectivity index (χ1n) is 21.7. The van der Waals surface area contributed by atoms with Gasteiger partial charge in [-0.25, -0.2) is 0 Å². The van der Waals surface area contributed by atoms with Crippen LogP contribution in [-0.4, -0.2) is 37.0 Å². The van der Waals surface area contributed by atoms with Crippen LogP contribution in [0, 0.1) is 0 Å². The second-order valence-electron chi connectivity index (χ2n) is 14.4. The molecular formula is C46H84O4. The van der Waals surface area contributed by atoms with E-state index in [9.17, 15) is 9.90 Å². The lowest BCUT2D eigenvalue weighted by Crippen LogP contribution is -2.27. The van der Waals surface area contributed by atoms with Crippen molar-refractivity contribution in [3.05, 3.63) is 48.6 Å². The zero-order valence-electron chi connectivity index (χ0n) is 33.4. The van der Waals surface area contributed by atoms with Crippen LogP contribution in [0.3, 0.4) is 0 Å². The Morgan fingerprint density at radius 2 is 0.840 bits per heavy atom. The van der Waals surface area contributed by atoms with E-state index in [2.05, 4.69) is 62.5 Å². The lowest BCUT2D eigenvalue weighted by molar-refractivity contribution is -0.154. The van der Waals surface area contributed by atoms with Gasteiger partial charge in [-0.05, 0) is 77.0 Å². The van der Waals surface area contributed by atoms with Gasteiger partial charge in [0.25, 0.3) is 0 Å². The molecule has 0 fully saturated rings. The number of ether oxygens (including phenoxy) is 2. The van der Waals surface area contributed by atoms with Gasteiger partial charge in [0, 0.05) is 13.0 Å². The molecule has 4 nitrogen and oxygen atoms in total. The quantitative estimate of drug-likeness (QED) is 0.0393. The van der Waals surface area contributed by atoms with Crippen LogP contribution in [0.1, 0.15) is 213 Å². The number of rotatable bonds is 40. The highest BCUT2D eigenvalue weighted by Gasteiger charge is 2.13. The lowest BCUT2D eigenvalue weighted by Gasteiger charge is -2.15. The number of unbranched alkanes of at least 4 members (excludes halogenated alkanes) is 24. The fraction of sp³-hybridized carbons (Fsp3) is 0.804. The molecule has 0 aromatic heterocycles. The topological polar surface area (TPSA) is 55.8 Å². The van der Waals surface area contributed by atoms with Gasteiger partial charge in [-0.15, -0.1) is 0 Å². The van der Waals surface area contributed by atoms with E-state index in [0.717, 1.165) is 32.1 Å². The lowest BCUT2D eigenvalue weighted by atomic mass is 10.1. The minimum absolute atomic E-state index is 0.177. The van der Waals surface area contributed by atoms with Gasteiger partial charge in [-0.1, -0.05) is 178 Å². The predicted molar refractivity (Wildman–Crippen MR) is 219 cm³/mol. The monoisotopic (exact) mass is 701 g/mol. The number of esters is 1. The van der Waals surface area contributed by atoms with Crippen molar-refractivity contribution in [2.24, 2.45) is 0 Å². The second kappa shape index (κ2) is 43.5. The molecular weight excluding hydrogens is 617 g/mol. The number of carbonyl (C=O) groups excluding carboxylic acids is 1. The summed E-state index contributed by atoms with van der Waals surface area (Å²) in [5.74, 6) is -0.210. The highest BCUT2D eigenvalue weighted by molar-refractivity contribution is 5.69. The minimum atomic E-state index is -0.542. The summed E-state index contributed by atoms with van der Waals surface area (Å²) in [6, 6.07) is 0. The summed E-state index contributed by atoms with van der Waals surface area (Å²) >= 11 is 0. The van der Waals surface area contributed by atoms with E-state index < -0.39 is 6.10 Å². The molecule has 1 N–H and O–H groups in total. The van der Waals surface area contributed by atoms with Crippen LogP contribution in [0.2, 0.25) is 0 Å². The molecule has 1 atom stereocenters. The Bertz CT molecular complexity index is 783. The molecule has 0 aromatic carbocycles. The summed E-state index contributed by atoms with van der Waals surface area (Å²) in [6.07, 6.45) is 55.9. The van der Waals surface area contributed by atoms with E-state index in [4.69, 9.17) is 9.47 Å². The van der Waals surface area contributed by atoms with Gasteiger partial charge < -0.3 is 14.6 Å². The fourth-order valence-corrected chi connectivity index (χ4v) is 6.09. The van der Waals surface area contributed by atoms with E-state index >= 15 is 0 Å². The molecule has 0 aliphatic heterocycles. The summed E-state index contributed by atoms with van der Waals surface area (Å²) in [5, 5.41) is 9.60. The summed E-state index contributed by atoms with van der Waals surface area (Å²) in [7, 11) is 0. The fourth-order valence-electron chi connectivity index (χ4n) is 6.09. The molecule has 50 heavy (non-hydrogen) atoms. The van der Waals surface area contributed by atoms with Crippen molar-refractivity contribution in [1.29, 1.82) is 0 Å². The first kappa shape index (κ1) is 48.3. The molecule has 0 amide bonds. The molecule has 0 bridgehead atoms. The SMILES string of the molecule is CCCCCCC/C=C\C/C=C\C/C=C\CCCCCCCCCCC(=O)OC(CO)COCCCCCCCC/C=C\CCCCCCC. The van der Waals surface area contributed by atoms with Gasteiger partial charge in [-0.3, -0.25) is 4.79 Å². The standard InChI is InChI=1S/C46H84O4/c1-3-5-7-9-11-13-15-17-19-20-21-22-23-24-25-26-27-29-31-33-35-37-39-41-46(48)50-45(43-47)44-49-42-40-38-36-34-32-30-28-18-16-14-12-10-8-6-4-2/h15-18,20-21,23-24,45,47H,3-14,19,22,25-44H2,1-2H3/b17-15-,18-16-,21-20-,24-23-. The van der Waals surface area contributed by atoms with Crippen LogP contribution in [-0.2, 0) is 14.3 Å². The zero-order valence-corrected chi connectivity index (χ0v) is 33.4. The number of aliphatic hydroxyl groups is 1. The van der Waals surface area contributed by atoms with E-state index in [1.807, 2.05) is 0 Å². The van der Waals surface area contributed by atoms with Crippen molar-refractivity contribution in [1.82, 2.24) is 0 Å². The Morgan fingerprint density at radius 3 is 1.28 bits per heavy atom. The zero-order chi connectivity index (χ0) is 36.3. The third kappa shape index (κ3) is 40.8. The van der Waals surface area contributed by atoms with Gasteiger partial charge in [0.2, 0.25) is 0 Å². The van der Waals surface area contributed by atoms with Crippen LogP contribution >= 0.6 is 0 Å². The Balaban J connectivity index is 3.47. The van der Waals surface area contributed by atoms with Crippen molar-refractivity contribution in [2.75, 3.05) is 19.8 Å². The summed E-state index contributed by atoms with van der Waals surface area (Å²) < 4.78 is 11.1. The Labute approximate surface area is 312 Å². The minimum Gasteiger partial charge on any atom is -0.457 e. The average Bonchev–Trinajstić information content (AvgIpc) is 3.12. The molecule has 4 heteroatoms. The molecule has 0 spiro atoms. The molecule has 0 heterocycles. The van der Waals surface area contributed by atoms with Gasteiger partial charge in [0.1, 0.15) is 6.10 Å². The van der Waals surface area contributed by atoms with E-state index in [1.54, 1.807) is 0 Å². The third-order valence-electron chi connectivity index (χ3n) is 9.38. The van der Waals surface area contributed by atoms with Gasteiger partial charge >= 0.3 is 5.97 Å². The molecule has 0 aliphatic rings. The summed E-state index contributed by atoms with van der Waals surface area (Å²) in [5.41, 5.74) is 0. The number of carbonyl (C=O) groups is 1. The van der Waals surface area contributed by atoms with E-state index in [-0.39, 0.29) is 19.2 Å². The van der Waals surface area contributed by atoms with Crippen molar-refractivity contribution < 1.29 is 19.4 Å². The summed E-state index contributed by atoms with van der Waals surface area (Å²) in [4.78, 5) is 12.2. The molecule has 292 valence electrons. The maximum absolute atomic E-state index is 12.2.